The highest BCUT2D eigenvalue weighted by molar-refractivity contribution is 8.00. The normalized spacial score (nSPS) is 15.5. The lowest BCUT2D eigenvalue weighted by molar-refractivity contribution is 0.362. The minimum absolute atomic E-state index is 0.336. The number of hydrogen-bond acceptors (Lipinski definition) is 2. The number of rotatable bonds is 4. The van der Waals surface area contributed by atoms with Gasteiger partial charge in [-0.1, -0.05) is 13.8 Å². The van der Waals surface area contributed by atoms with E-state index < -0.39 is 0 Å². The summed E-state index contributed by atoms with van der Waals surface area (Å²) in [7, 11) is 2.04. The van der Waals surface area contributed by atoms with Crippen molar-refractivity contribution in [2.45, 2.75) is 38.5 Å². The van der Waals surface area contributed by atoms with Gasteiger partial charge in [-0.05, 0) is 33.1 Å². The molecule has 0 fully saturated rings. The fourth-order valence-corrected chi connectivity index (χ4v) is 2.25. The van der Waals surface area contributed by atoms with Crippen LogP contribution < -0.4 is 5.32 Å². The molecule has 0 saturated heterocycles. The Kier molecular flexibility index (Phi) is 4.49. The van der Waals surface area contributed by atoms with Gasteiger partial charge in [0, 0.05) is 10.8 Å². The second kappa shape index (κ2) is 4.36. The molecule has 1 nitrogen and oxygen atoms in total. The Morgan fingerprint density at radius 2 is 1.73 bits per heavy atom. The zero-order valence-electron chi connectivity index (χ0n) is 8.56. The highest BCUT2D eigenvalue weighted by Crippen LogP contribution is 2.29. The predicted molar refractivity (Wildman–Crippen MR) is 55.3 cm³/mol. The van der Waals surface area contributed by atoms with E-state index in [1.807, 2.05) is 18.8 Å². The summed E-state index contributed by atoms with van der Waals surface area (Å²) in [5, 5.41) is 3.37. The second-order valence-electron chi connectivity index (χ2n) is 3.82. The lowest BCUT2D eigenvalue weighted by atomic mass is 9.93. The van der Waals surface area contributed by atoms with Gasteiger partial charge in [-0.3, -0.25) is 0 Å². The molecule has 1 N–H and O–H groups in total. The summed E-state index contributed by atoms with van der Waals surface area (Å²) >= 11 is 1.93. The number of thioether (sulfide) groups is 1. The summed E-state index contributed by atoms with van der Waals surface area (Å²) in [5.41, 5.74) is 0. The van der Waals surface area contributed by atoms with E-state index in [0.29, 0.717) is 16.7 Å². The molecule has 0 aromatic rings. The third kappa shape index (κ3) is 3.04. The van der Waals surface area contributed by atoms with Gasteiger partial charge >= 0.3 is 0 Å². The lowest BCUT2D eigenvalue weighted by Gasteiger charge is -2.35. The van der Waals surface area contributed by atoms with E-state index in [4.69, 9.17) is 0 Å². The molecule has 0 bridgehead atoms. The minimum atomic E-state index is 0.336. The monoisotopic (exact) mass is 175 g/mol. The van der Waals surface area contributed by atoms with Crippen molar-refractivity contribution in [3.8, 4) is 0 Å². The van der Waals surface area contributed by atoms with E-state index >= 15 is 0 Å². The fraction of sp³-hybridized carbons (Fsp3) is 1.00. The number of hydrogen-bond donors (Lipinski definition) is 1. The maximum absolute atomic E-state index is 3.37. The van der Waals surface area contributed by atoms with Crippen LogP contribution >= 0.6 is 11.8 Å². The first-order chi connectivity index (χ1) is 4.95. The Morgan fingerprint density at radius 1 is 1.27 bits per heavy atom. The van der Waals surface area contributed by atoms with Crippen LogP contribution in [-0.4, -0.2) is 24.1 Å². The molecule has 0 radical (unpaired) electrons. The molecule has 0 aliphatic rings. The van der Waals surface area contributed by atoms with Crippen LogP contribution in [-0.2, 0) is 0 Å². The first-order valence-electron chi connectivity index (χ1n) is 4.18. The third-order valence-electron chi connectivity index (χ3n) is 2.25. The predicted octanol–water partition coefficient (Wildman–Crippen LogP) is 2.37. The van der Waals surface area contributed by atoms with Crippen molar-refractivity contribution in [3.63, 3.8) is 0 Å². The van der Waals surface area contributed by atoms with E-state index in [-0.39, 0.29) is 0 Å². The van der Waals surface area contributed by atoms with E-state index in [2.05, 4.69) is 39.3 Å². The summed E-state index contributed by atoms with van der Waals surface area (Å²) in [4.78, 5) is 0. The molecule has 68 valence electrons. The van der Waals surface area contributed by atoms with Crippen molar-refractivity contribution < 1.29 is 0 Å². The molecule has 0 aliphatic heterocycles. The molecule has 0 rings (SSSR count). The fourth-order valence-electron chi connectivity index (χ4n) is 1.61. The van der Waals surface area contributed by atoms with Gasteiger partial charge in [-0.2, -0.15) is 11.8 Å². The van der Waals surface area contributed by atoms with Gasteiger partial charge in [-0.15, -0.1) is 0 Å². The molecule has 2 heteroatoms. The Hall–Kier alpha value is 0.310. The minimum Gasteiger partial charge on any atom is -0.315 e. The first kappa shape index (κ1) is 11.3. The summed E-state index contributed by atoms with van der Waals surface area (Å²) < 4.78 is 0.336. The van der Waals surface area contributed by atoms with Gasteiger partial charge in [-0.25, -0.2) is 0 Å². The number of nitrogens with one attached hydrogen (secondary N) is 1. The zero-order valence-corrected chi connectivity index (χ0v) is 9.38. The zero-order chi connectivity index (χ0) is 9.07. The van der Waals surface area contributed by atoms with Crippen molar-refractivity contribution in [1.29, 1.82) is 0 Å². The SMILES string of the molecule is CNC(C(C)C)C(C)(C)SC. The Labute approximate surface area is 75.3 Å². The molecule has 0 aliphatic carbocycles. The highest BCUT2D eigenvalue weighted by atomic mass is 32.2. The maximum atomic E-state index is 3.37. The molecule has 0 spiro atoms. The molecule has 0 aromatic heterocycles. The van der Waals surface area contributed by atoms with E-state index in [1.54, 1.807) is 0 Å². The van der Waals surface area contributed by atoms with Gasteiger partial charge in [0.15, 0.2) is 0 Å². The van der Waals surface area contributed by atoms with Crippen LogP contribution in [0.2, 0.25) is 0 Å². The van der Waals surface area contributed by atoms with Crippen molar-refractivity contribution >= 4 is 11.8 Å². The Morgan fingerprint density at radius 3 is 1.82 bits per heavy atom. The molecule has 0 aromatic carbocycles. The first-order valence-corrected chi connectivity index (χ1v) is 5.40. The summed E-state index contributed by atoms with van der Waals surface area (Å²) in [6.07, 6.45) is 2.17. The highest BCUT2D eigenvalue weighted by Gasteiger charge is 2.29. The van der Waals surface area contributed by atoms with Gasteiger partial charge in [0.05, 0.1) is 0 Å². The van der Waals surface area contributed by atoms with Crippen LogP contribution in [0.25, 0.3) is 0 Å². The Bertz CT molecular complexity index is 110. The van der Waals surface area contributed by atoms with Crippen molar-refractivity contribution in [3.05, 3.63) is 0 Å². The van der Waals surface area contributed by atoms with Gasteiger partial charge in [0.25, 0.3) is 0 Å². The molecule has 0 saturated carbocycles. The molecule has 0 amide bonds. The maximum Gasteiger partial charge on any atom is 0.0256 e. The molecule has 11 heavy (non-hydrogen) atoms. The molecule has 1 unspecified atom stereocenters. The molecular weight excluding hydrogens is 154 g/mol. The van der Waals surface area contributed by atoms with E-state index in [9.17, 15) is 0 Å². The molecule has 0 heterocycles. The van der Waals surface area contributed by atoms with Crippen LogP contribution in [0.4, 0.5) is 0 Å². The van der Waals surface area contributed by atoms with Crippen molar-refractivity contribution in [1.82, 2.24) is 5.32 Å². The van der Waals surface area contributed by atoms with Crippen LogP contribution in [0, 0.1) is 5.92 Å². The van der Waals surface area contributed by atoms with Crippen LogP contribution in [0.5, 0.6) is 0 Å². The van der Waals surface area contributed by atoms with Crippen LogP contribution in [0.3, 0.4) is 0 Å². The molecule has 1 atom stereocenters. The molecular formula is C9H21NS. The second-order valence-corrected chi connectivity index (χ2v) is 5.28. The average Bonchev–Trinajstić information content (AvgIpc) is 1.88. The van der Waals surface area contributed by atoms with Crippen molar-refractivity contribution in [2.75, 3.05) is 13.3 Å². The standard InChI is InChI=1S/C9H21NS/c1-7(2)8(10-5)9(3,4)11-6/h7-8,10H,1-6H3. The third-order valence-corrected chi connectivity index (χ3v) is 3.56. The van der Waals surface area contributed by atoms with Gasteiger partial charge < -0.3 is 5.32 Å². The topological polar surface area (TPSA) is 12.0 Å². The summed E-state index contributed by atoms with van der Waals surface area (Å²) in [5.74, 6) is 0.697. The van der Waals surface area contributed by atoms with E-state index in [1.165, 1.54) is 0 Å². The summed E-state index contributed by atoms with van der Waals surface area (Å²) in [6.45, 7) is 9.11. The van der Waals surface area contributed by atoms with Crippen molar-refractivity contribution in [2.24, 2.45) is 5.92 Å². The smallest absolute Gasteiger partial charge is 0.0256 e. The van der Waals surface area contributed by atoms with Gasteiger partial charge in [0.1, 0.15) is 0 Å². The summed E-state index contributed by atoms with van der Waals surface area (Å²) in [6, 6.07) is 0.595. The Balaban J connectivity index is 4.23. The quantitative estimate of drug-likeness (QED) is 0.704. The van der Waals surface area contributed by atoms with Crippen LogP contribution in [0.15, 0.2) is 0 Å². The average molecular weight is 175 g/mol. The van der Waals surface area contributed by atoms with Gasteiger partial charge in [0.2, 0.25) is 0 Å². The largest absolute Gasteiger partial charge is 0.315 e. The van der Waals surface area contributed by atoms with E-state index in [0.717, 1.165) is 0 Å². The van der Waals surface area contributed by atoms with Crippen LogP contribution in [0.1, 0.15) is 27.7 Å². The lowest BCUT2D eigenvalue weighted by Crippen LogP contribution is -2.46.